The average molecular weight is 260 g/mol. The maximum Gasteiger partial charge on any atom is 0.224 e. The van der Waals surface area contributed by atoms with Gasteiger partial charge in [-0.2, -0.15) is 0 Å². The number of rotatable bonds is 4. The van der Waals surface area contributed by atoms with E-state index < -0.39 is 0 Å². The molecule has 0 spiro atoms. The van der Waals surface area contributed by atoms with Gasteiger partial charge >= 0.3 is 0 Å². The second kappa shape index (κ2) is 6.71. The lowest BCUT2D eigenvalue weighted by Crippen LogP contribution is -2.30. The van der Waals surface area contributed by atoms with Crippen molar-refractivity contribution in [2.75, 3.05) is 25.5 Å². The van der Waals surface area contributed by atoms with Crippen molar-refractivity contribution in [2.24, 2.45) is 5.92 Å². The van der Waals surface area contributed by atoms with Gasteiger partial charge in [0.1, 0.15) is 0 Å². The summed E-state index contributed by atoms with van der Waals surface area (Å²) in [5.74, 6) is 0.868. The molecule has 0 aromatic heterocycles. The van der Waals surface area contributed by atoms with Crippen molar-refractivity contribution in [2.45, 2.75) is 32.6 Å². The minimum atomic E-state index is 0.147. The number of aryl methyl sites for hydroxylation is 1. The molecule has 0 unspecified atom stereocenters. The summed E-state index contributed by atoms with van der Waals surface area (Å²) in [4.78, 5) is 14.3. The number of carbonyl (C=O) groups excluding carboxylic acids is 1. The van der Waals surface area contributed by atoms with Crippen LogP contribution in [-0.4, -0.2) is 30.9 Å². The normalized spacial score (nSPS) is 17.4. The van der Waals surface area contributed by atoms with Crippen LogP contribution in [0.1, 0.15) is 31.2 Å². The second-order valence-corrected chi connectivity index (χ2v) is 5.65. The Morgan fingerprint density at radius 1 is 1.32 bits per heavy atom. The van der Waals surface area contributed by atoms with Crippen molar-refractivity contribution in [1.29, 1.82) is 0 Å². The summed E-state index contributed by atoms with van der Waals surface area (Å²) in [6, 6.07) is 7.93. The molecule has 0 atom stereocenters. The van der Waals surface area contributed by atoms with Crippen LogP contribution in [0.3, 0.4) is 0 Å². The van der Waals surface area contributed by atoms with Gasteiger partial charge in [-0.1, -0.05) is 18.2 Å². The summed E-state index contributed by atoms with van der Waals surface area (Å²) in [7, 11) is 2.17. The van der Waals surface area contributed by atoms with Gasteiger partial charge in [-0.3, -0.25) is 4.79 Å². The van der Waals surface area contributed by atoms with Crippen LogP contribution in [0.25, 0.3) is 0 Å². The molecule has 1 N–H and O–H groups in total. The summed E-state index contributed by atoms with van der Waals surface area (Å²) in [5.41, 5.74) is 2.06. The van der Waals surface area contributed by atoms with E-state index in [2.05, 4.69) is 17.3 Å². The van der Waals surface area contributed by atoms with Crippen molar-refractivity contribution < 1.29 is 4.79 Å². The van der Waals surface area contributed by atoms with Gasteiger partial charge in [-0.05, 0) is 63.9 Å². The smallest absolute Gasteiger partial charge is 0.224 e. The molecule has 0 saturated carbocycles. The number of nitrogens with one attached hydrogen (secondary N) is 1. The standard InChI is InChI=1S/C16H24N2O/c1-13-5-3-4-6-15(13)17-16(19)8-7-14-9-11-18(2)12-10-14/h3-6,14H,7-12H2,1-2H3,(H,17,19). The van der Waals surface area contributed by atoms with Crippen molar-refractivity contribution >= 4 is 11.6 Å². The van der Waals surface area contributed by atoms with Crippen LogP contribution < -0.4 is 5.32 Å². The molecule has 0 bridgehead atoms. The Hall–Kier alpha value is -1.35. The lowest BCUT2D eigenvalue weighted by molar-refractivity contribution is -0.116. The van der Waals surface area contributed by atoms with E-state index in [-0.39, 0.29) is 5.91 Å². The number of hydrogen-bond acceptors (Lipinski definition) is 2. The molecule has 1 saturated heterocycles. The molecule has 1 aromatic carbocycles. The first-order valence-corrected chi connectivity index (χ1v) is 7.19. The van der Waals surface area contributed by atoms with Gasteiger partial charge in [0.15, 0.2) is 0 Å². The Morgan fingerprint density at radius 3 is 2.68 bits per heavy atom. The maximum atomic E-state index is 12.0. The van der Waals surface area contributed by atoms with Crippen LogP contribution in [0.2, 0.25) is 0 Å². The number of hydrogen-bond donors (Lipinski definition) is 1. The number of benzene rings is 1. The summed E-state index contributed by atoms with van der Waals surface area (Å²) in [6.45, 7) is 4.36. The molecule has 1 fully saturated rings. The number of anilines is 1. The van der Waals surface area contributed by atoms with Crippen LogP contribution in [0.4, 0.5) is 5.69 Å². The molecule has 0 radical (unpaired) electrons. The minimum Gasteiger partial charge on any atom is -0.326 e. The van der Waals surface area contributed by atoms with Crippen LogP contribution in [0, 0.1) is 12.8 Å². The van der Waals surface area contributed by atoms with E-state index in [1.807, 2.05) is 31.2 Å². The molecule has 1 amide bonds. The van der Waals surface area contributed by atoms with Crippen molar-refractivity contribution in [3.8, 4) is 0 Å². The molecule has 1 aliphatic rings. The highest BCUT2D eigenvalue weighted by Gasteiger charge is 2.17. The number of carbonyl (C=O) groups is 1. The highest BCUT2D eigenvalue weighted by Crippen LogP contribution is 2.21. The predicted octanol–water partition coefficient (Wildman–Crippen LogP) is 3.06. The summed E-state index contributed by atoms with van der Waals surface area (Å²) in [5, 5.41) is 3.01. The third kappa shape index (κ3) is 4.35. The van der Waals surface area contributed by atoms with Crippen LogP contribution >= 0.6 is 0 Å². The van der Waals surface area contributed by atoms with Crippen LogP contribution in [0.5, 0.6) is 0 Å². The quantitative estimate of drug-likeness (QED) is 0.902. The zero-order valence-electron chi connectivity index (χ0n) is 12.0. The van der Waals surface area contributed by atoms with Gasteiger partial charge in [0, 0.05) is 12.1 Å². The first kappa shape index (κ1) is 14.1. The second-order valence-electron chi connectivity index (χ2n) is 5.65. The van der Waals surface area contributed by atoms with E-state index in [9.17, 15) is 4.79 Å². The van der Waals surface area contributed by atoms with Gasteiger partial charge in [0.05, 0.1) is 0 Å². The maximum absolute atomic E-state index is 12.0. The molecule has 1 heterocycles. The first-order valence-electron chi connectivity index (χ1n) is 7.19. The molecule has 2 rings (SSSR count). The van der Waals surface area contributed by atoms with Crippen LogP contribution in [-0.2, 0) is 4.79 Å². The van der Waals surface area contributed by atoms with E-state index in [1.54, 1.807) is 0 Å². The first-order chi connectivity index (χ1) is 9.15. The zero-order valence-corrected chi connectivity index (χ0v) is 12.0. The predicted molar refractivity (Wildman–Crippen MR) is 79.3 cm³/mol. The largest absolute Gasteiger partial charge is 0.326 e. The lowest BCUT2D eigenvalue weighted by atomic mass is 9.92. The molecule has 3 nitrogen and oxygen atoms in total. The van der Waals surface area contributed by atoms with Crippen LogP contribution in [0.15, 0.2) is 24.3 Å². The molecular weight excluding hydrogens is 236 g/mol. The van der Waals surface area contributed by atoms with Crippen molar-refractivity contribution in [3.63, 3.8) is 0 Å². The highest BCUT2D eigenvalue weighted by atomic mass is 16.1. The summed E-state index contributed by atoms with van der Waals surface area (Å²) >= 11 is 0. The molecule has 3 heteroatoms. The fraction of sp³-hybridized carbons (Fsp3) is 0.562. The fourth-order valence-corrected chi connectivity index (χ4v) is 2.61. The zero-order chi connectivity index (χ0) is 13.7. The fourth-order valence-electron chi connectivity index (χ4n) is 2.61. The number of nitrogens with zero attached hydrogens (tertiary/aromatic N) is 1. The Bertz CT molecular complexity index is 423. The van der Waals surface area contributed by atoms with Gasteiger partial charge < -0.3 is 10.2 Å². The summed E-state index contributed by atoms with van der Waals surface area (Å²) in [6.07, 6.45) is 4.12. The van der Waals surface area contributed by atoms with E-state index in [0.717, 1.165) is 23.6 Å². The van der Waals surface area contributed by atoms with Gasteiger partial charge in [0.2, 0.25) is 5.91 Å². The van der Waals surface area contributed by atoms with E-state index in [4.69, 9.17) is 0 Å². The third-order valence-corrected chi connectivity index (χ3v) is 4.04. The van der Waals surface area contributed by atoms with E-state index >= 15 is 0 Å². The van der Waals surface area contributed by atoms with Gasteiger partial charge in [-0.25, -0.2) is 0 Å². The Labute approximate surface area is 116 Å². The van der Waals surface area contributed by atoms with Gasteiger partial charge in [-0.15, -0.1) is 0 Å². The van der Waals surface area contributed by atoms with Crippen molar-refractivity contribution in [1.82, 2.24) is 4.90 Å². The third-order valence-electron chi connectivity index (χ3n) is 4.04. The number of para-hydroxylation sites is 1. The topological polar surface area (TPSA) is 32.3 Å². The van der Waals surface area contributed by atoms with E-state index in [1.165, 1.54) is 25.9 Å². The Balaban J connectivity index is 1.74. The molecule has 104 valence electrons. The SMILES string of the molecule is Cc1ccccc1NC(=O)CCC1CCN(C)CC1. The van der Waals surface area contributed by atoms with Crippen molar-refractivity contribution in [3.05, 3.63) is 29.8 Å². The number of amides is 1. The molecule has 1 aromatic rings. The Morgan fingerprint density at radius 2 is 2.00 bits per heavy atom. The molecule has 0 aliphatic carbocycles. The average Bonchev–Trinajstić information content (AvgIpc) is 2.41. The number of likely N-dealkylation sites (tertiary alicyclic amines) is 1. The lowest BCUT2D eigenvalue weighted by Gasteiger charge is -2.28. The van der Waals surface area contributed by atoms with E-state index in [0.29, 0.717) is 6.42 Å². The minimum absolute atomic E-state index is 0.147. The monoisotopic (exact) mass is 260 g/mol. The summed E-state index contributed by atoms with van der Waals surface area (Å²) < 4.78 is 0. The number of piperidine rings is 1. The molecule has 19 heavy (non-hydrogen) atoms. The molecule has 1 aliphatic heterocycles. The van der Waals surface area contributed by atoms with Gasteiger partial charge in [0.25, 0.3) is 0 Å². The highest BCUT2D eigenvalue weighted by molar-refractivity contribution is 5.91. The molecular formula is C16H24N2O. The Kier molecular flexibility index (Phi) is 4.97.